The van der Waals surface area contributed by atoms with E-state index in [0.717, 1.165) is 16.5 Å². The van der Waals surface area contributed by atoms with Crippen LogP contribution < -0.4 is 10.1 Å². The van der Waals surface area contributed by atoms with E-state index in [0.29, 0.717) is 12.3 Å². The van der Waals surface area contributed by atoms with Crippen LogP contribution in [-0.4, -0.2) is 19.8 Å². The average molecular weight is 354 g/mol. The van der Waals surface area contributed by atoms with E-state index in [1.165, 1.54) is 7.11 Å². The number of nitrogens with one attached hydrogen (secondary N) is 1. The smallest absolute Gasteiger partial charge is 0.389 e. The average Bonchev–Trinajstić information content (AvgIpc) is 2.38. The second-order valence-electron chi connectivity index (χ2n) is 4.55. The molecule has 0 aromatic heterocycles. The lowest BCUT2D eigenvalue weighted by Crippen LogP contribution is -2.24. The van der Waals surface area contributed by atoms with Crippen LogP contribution in [0.15, 0.2) is 22.7 Å². The molecule has 1 N–H and O–H groups in total. The molecule has 0 aliphatic rings. The van der Waals surface area contributed by atoms with Crippen molar-refractivity contribution in [3.63, 3.8) is 0 Å². The molecule has 1 rings (SSSR count). The van der Waals surface area contributed by atoms with Crippen LogP contribution in [0.25, 0.3) is 0 Å². The summed E-state index contributed by atoms with van der Waals surface area (Å²) >= 11 is 3.33. The van der Waals surface area contributed by atoms with Gasteiger partial charge < -0.3 is 10.1 Å². The summed E-state index contributed by atoms with van der Waals surface area (Å²) in [5.74, 6) is 0.593. The molecule has 1 aromatic carbocycles. The third kappa shape index (κ3) is 5.71. The topological polar surface area (TPSA) is 21.3 Å². The Morgan fingerprint density at radius 1 is 1.35 bits per heavy atom. The molecule has 1 unspecified atom stereocenters. The number of rotatable bonds is 7. The molecular weight excluding hydrogens is 335 g/mol. The zero-order valence-electron chi connectivity index (χ0n) is 11.6. The Bertz CT molecular complexity index is 423. The van der Waals surface area contributed by atoms with E-state index in [-0.39, 0.29) is 12.5 Å². The van der Waals surface area contributed by atoms with Gasteiger partial charge in [-0.05, 0) is 31.5 Å². The molecule has 0 saturated heterocycles. The molecule has 0 amide bonds. The monoisotopic (exact) mass is 353 g/mol. The second-order valence-corrected chi connectivity index (χ2v) is 5.46. The van der Waals surface area contributed by atoms with Crippen molar-refractivity contribution >= 4 is 15.9 Å². The van der Waals surface area contributed by atoms with Crippen molar-refractivity contribution in [1.29, 1.82) is 0 Å². The van der Waals surface area contributed by atoms with Gasteiger partial charge in [-0.3, -0.25) is 0 Å². The van der Waals surface area contributed by atoms with Crippen molar-refractivity contribution in [3.8, 4) is 5.75 Å². The lowest BCUT2D eigenvalue weighted by atomic mass is 10.0. The quantitative estimate of drug-likeness (QED) is 0.757. The van der Waals surface area contributed by atoms with Crippen molar-refractivity contribution in [2.24, 2.45) is 0 Å². The Morgan fingerprint density at radius 3 is 2.60 bits per heavy atom. The fourth-order valence-corrected chi connectivity index (χ4v) is 2.31. The Kier molecular flexibility index (Phi) is 6.82. The van der Waals surface area contributed by atoms with Gasteiger partial charge in [-0.15, -0.1) is 0 Å². The highest BCUT2D eigenvalue weighted by atomic mass is 79.9. The van der Waals surface area contributed by atoms with Crippen molar-refractivity contribution < 1.29 is 17.9 Å². The third-order valence-corrected chi connectivity index (χ3v) is 3.42. The molecule has 2 nitrogen and oxygen atoms in total. The largest absolute Gasteiger partial charge is 0.496 e. The zero-order valence-corrected chi connectivity index (χ0v) is 13.1. The van der Waals surface area contributed by atoms with Gasteiger partial charge in [0.2, 0.25) is 0 Å². The van der Waals surface area contributed by atoms with Gasteiger partial charge in [0.1, 0.15) is 5.75 Å². The predicted molar refractivity (Wildman–Crippen MR) is 77.0 cm³/mol. The van der Waals surface area contributed by atoms with E-state index in [1.54, 1.807) is 12.1 Å². The van der Waals surface area contributed by atoms with Crippen LogP contribution in [0, 0.1) is 0 Å². The fourth-order valence-electron chi connectivity index (χ4n) is 1.97. The summed E-state index contributed by atoms with van der Waals surface area (Å²) in [5, 5.41) is 3.16. The maximum atomic E-state index is 12.4. The first-order valence-electron chi connectivity index (χ1n) is 6.51. The Balaban J connectivity index is 2.91. The van der Waals surface area contributed by atoms with Crippen LogP contribution in [0.3, 0.4) is 0 Å². The highest BCUT2D eigenvalue weighted by Crippen LogP contribution is 2.33. The lowest BCUT2D eigenvalue weighted by Gasteiger charge is -2.22. The van der Waals surface area contributed by atoms with E-state index < -0.39 is 12.6 Å². The first-order valence-corrected chi connectivity index (χ1v) is 7.30. The summed E-state index contributed by atoms with van der Waals surface area (Å²) in [4.78, 5) is 0. The highest BCUT2D eigenvalue weighted by molar-refractivity contribution is 9.10. The summed E-state index contributed by atoms with van der Waals surface area (Å²) < 4.78 is 43.4. The number of benzene rings is 1. The van der Waals surface area contributed by atoms with Gasteiger partial charge in [-0.25, -0.2) is 0 Å². The summed E-state index contributed by atoms with van der Waals surface area (Å²) in [5.41, 5.74) is 0.758. The van der Waals surface area contributed by atoms with Gasteiger partial charge in [-0.1, -0.05) is 28.9 Å². The molecule has 0 aliphatic heterocycles. The third-order valence-electron chi connectivity index (χ3n) is 2.93. The van der Waals surface area contributed by atoms with E-state index in [1.807, 2.05) is 13.0 Å². The summed E-state index contributed by atoms with van der Waals surface area (Å²) in [7, 11) is 1.52. The first-order chi connectivity index (χ1) is 9.37. The predicted octanol–water partition coefficient (Wildman–Crippen LogP) is 4.84. The number of methoxy groups -OCH3 is 1. The number of hydrogen-bond donors (Lipinski definition) is 1. The van der Waals surface area contributed by atoms with Gasteiger partial charge in [0, 0.05) is 22.5 Å². The van der Waals surface area contributed by atoms with Crippen LogP contribution in [0.1, 0.15) is 37.8 Å². The fraction of sp³-hybridized carbons (Fsp3) is 0.571. The highest BCUT2D eigenvalue weighted by Gasteiger charge is 2.29. The molecule has 20 heavy (non-hydrogen) atoms. The molecule has 1 atom stereocenters. The van der Waals surface area contributed by atoms with Crippen molar-refractivity contribution in [2.45, 2.75) is 38.4 Å². The molecule has 0 saturated carbocycles. The SMILES string of the molecule is CCCNC(CCC(F)(F)F)c1ccc(Br)cc1OC. The molecule has 0 radical (unpaired) electrons. The van der Waals surface area contributed by atoms with Crippen LogP contribution in [0.5, 0.6) is 5.75 Å². The second kappa shape index (κ2) is 7.88. The summed E-state index contributed by atoms with van der Waals surface area (Å²) in [6, 6.07) is 5.02. The number of hydrogen-bond acceptors (Lipinski definition) is 2. The van der Waals surface area contributed by atoms with E-state index in [2.05, 4.69) is 21.2 Å². The van der Waals surface area contributed by atoms with E-state index in [9.17, 15) is 13.2 Å². The normalized spacial score (nSPS) is 13.3. The summed E-state index contributed by atoms with van der Waals surface area (Å²) in [6.07, 6.45) is -4.09. The minimum Gasteiger partial charge on any atom is -0.496 e. The van der Waals surface area contributed by atoms with Gasteiger partial charge in [0.15, 0.2) is 0 Å². The van der Waals surface area contributed by atoms with Crippen LogP contribution in [0.4, 0.5) is 13.2 Å². The molecule has 0 bridgehead atoms. The minimum atomic E-state index is -4.14. The van der Waals surface area contributed by atoms with Gasteiger partial charge in [0.05, 0.1) is 7.11 Å². The van der Waals surface area contributed by atoms with E-state index >= 15 is 0 Å². The molecule has 0 fully saturated rings. The van der Waals surface area contributed by atoms with Gasteiger partial charge >= 0.3 is 6.18 Å². The zero-order chi connectivity index (χ0) is 15.2. The lowest BCUT2D eigenvalue weighted by molar-refractivity contribution is -0.136. The van der Waals surface area contributed by atoms with Crippen molar-refractivity contribution in [1.82, 2.24) is 5.32 Å². The summed E-state index contributed by atoms with van der Waals surface area (Å²) in [6.45, 7) is 2.65. The molecule has 6 heteroatoms. The maximum absolute atomic E-state index is 12.4. The number of halogens is 4. The Morgan fingerprint density at radius 2 is 2.05 bits per heavy atom. The number of alkyl halides is 3. The Labute approximate surface area is 125 Å². The Hall–Kier alpha value is -0.750. The molecule has 0 aliphatic carbocycles. The van der Waals surface area contributed by atoms with Gasteiger partial charge in [-0.2, -0.15) is 13.2 Å². The molecule has 0 heterocycles. The van der Waals surface area contributed by atoms with E-state index in [4.69, 9.17) is 4.74 Å². The van der Waals surface area contributed by atoms with Crippen LogP contribution in [-0.2, 0) is 0 Å². The number of ether oxygens (including phenoxy) is 1. The van der Waals surface area contributed by atoms with Crippen LogP contribution in [0.2, 0.25) is 0 Å². The van der Waals surface area contributed by atoms with Crippen molar-refractivity contribution in [2.75, 3.05) is 13.7 Å². The molecule has 114 valence electrons. The van der Waals surface area contributed by atoms with Crippen LogP contribution >= 0.6 is 15.9 Å². The van der Waals surface area contributed by atoms with Crippen molar-refractivity contribution in [3.05, 3.63) is 28.2 Å². The first kappa shape index (κ1) is 17.3. The van der Waals surface area contributed by atoms with Gasteiger partial charge in [0.25, 0.3) is 0 Å². The standard InChI is InChI=1S/C14H19BrF3NO/c1-3-8-19-12(6-7-14(16,17)18)11-5-4-10(15)9-13(11)20-2/h4-5,9,12,19H,3,6-8H2,1-2H3. The molecular formula is C14H19BrF3NO. The maximum Gasteiger partial charge on any atom is 0.389 e. The minimum absolute atomic E-state index is 0.00148. The molecule has 1 aromatic rings. The molecule has 0 spiro atoms.